The van der Waals surface area contributed by atoms with Crippen LogP contribution in [-0.2, 0) is 0 Å². The highest BCUT2D eigenvalue weighted by Crippen LogP contribution is 2.29. The van der Waals surface area contributed by atoms with E-state index in [1.54, 1.807) is 0 Å². The van der Waals surface area contributed by atoms with Gasteiger partial charge in [0, 0.05) is 18.9 Å². The van der Waals surface area contributed by atoms with Gasteiger partial charge in [-0.2, -0.15) is 0 Å². The Hall–Kier alpha value is -1.42. The van der Waals surface area contributed by atoms with Crippen molar-refractivity contribution in [1.82, 2.24) is 14.6 Å². The van der Waals surface area contributed by atoms with E-state index in [0.717, 1.165) is 5.69 Å². The van der Waals surface area contributed by atoms with Crippen molar-refractivity contribution in [3.05, 3.63) is 30.2 Å². The topological polar surface area (TPSA) is 30.2 Å². The van der Waals surface area contributed by atoms with Gasteiger partial charge in [0.1, 0.15) is 6.04 Å². The second kappa shape index (κ2) is 4.11. The molecule has 90 valence electrons. The van der Waals surface area contributed by atoms with Gasteiger partial charge in [0.05, 0.1) is 18.1 Å². The smallest absolute Gasteiger partial charge is 0.127 e. The Bertz CT molecular complexity index is 440. The number of nitrogens with zero attached hydrogens (tertiary/aromatic N) is 4. The van der Waals surface area contributed by atoms with E-state index in [4.69, 9.17) is 0 Å². The number of rotatable bonds is 2. The minimum atomic E-state index is 0.522. The van der Waals surface area contributed by atoms with Crippen molar-refractivity contribution in [3.63, 3.8) is 0 Å². The van der Waals surface area contributed by atoms with Crippen LogP contribution in [0.4, 0.5) is 0 Å². The molecular weight excluding hydrogens is 212 g/mol. The lowest BCUT2D eigenvalue weighted by molar-refractivity contribution is 0.0893. The van der Waals surface area contributed by atoms with E-state index < -0.39 is 0 Å². The van der Waals surface area contributed by atoms with Crippen molar-refractivity contribution in [2.75, 3.05) is 0 Å². The molecule has 0 spiro atoms. The average Bonchev–Trinajstić information content (AvgIpc) is 2.99. The number of hydrogen-bond donors (Lipinski definition) is 0. The summed E-state index contributed by atoms with van der Waals surface area (Å²) in [5, 5.41) is 9.24. The number of quaternary nitrogens is 1. The second-order valence-electron chi connectivity index (χ2n) is 4.98. The van der Waals surface area contributed by atoms with Crippen LogP contribution in [0.1, 0.15) is 37.8 Å². The number of allylic oxidation sites excluding steroid dienone is 1. The van der Waals surface area contributed by atoms with Gasteiger partial charge in [-0.1, -0.05) is 21.0 Å². The average molecular weight is 231 g/mol. The summed E-state index contributed by atoms with van der Waals surface area (Å²) in [6.45, 7) is 2.03. The molecule has 1 aliphatic heterocycles. The Kier molecular flexibility index (Phi) is 2.59. The molecule has 1 aromatic heterocycles. The van der Waals surface area contributed by atoms with Gasteiger partial charge in [-0.3, -0.25) is 0 Å². The summed E-state index contributed by atoms with van der Waals surface area (Å²) in [6.07, 6.45) is 14.6. The third kappa shape index (κ3) is 1.72. The molecule has 3 rings (SSSR count). The van der Waals surface area contributed by atoms with E-state index in [1.165, 1.54) is 32.1 Å². The van der Waals surface area contributed by atoms with Gasteiger partial charge in [-0.15, -0.1) is 5.10 Å². The first-order chi connectivity index (χ1) is 8.31. The summed E-state index contributed by atoms with van der Waals surface area (Å²) < 4.78 is 0.522. The van der Waals surface area contributed by atoms with Crippen LogP contribution in [-0.4, -0.2) is 22.1 Å². The van der Waals surface area contributed by atoms with Crippen LogP contribution in [0.3, 0.4) is 0 Å². The molecule has 1 aromatic rings. The third-order valence-corrected chi connectivity index (χ3v) is 3.79. The van der Waals surface area contributed by atoms with Crippen molar-refractivity contribution < 1.29 is 0 Å². The third-order valence-electron chi connectivity index (χ3n) is 3.79. The molecule has 1 saturated carbocycles. The fourth-order valence-electron chi connectivity index (χ4n) is 2.90. The van der Waals surface area contributed by atoms with Gasteiger partial charge in [-0.05, 0) is 25.8 Å². The molecule has 4 heteroatoms. The van der Waals surface area contributed by atoms with Crippen molar-refractivity contribution in [2.24, 2.45) is 5.10 Å². The highest BCUT2D eigenvalue weighted by Gasteiger charge is 2.41. The summed E-state index contributed by atoms with van der Waals surface area (Å²) in [4.78, 5) is 1.99. The highest BCUT2D eigenvalue weighted by molar-refractivity contribution is 5.73. The maximum Gasteiger partial charge on any atom is 0.152 e. The van der Waals surface area contributed by atoms with Gasteiger partial charge in [0.2, 0.25) is 0 Å². The van der Waals surface area contributed by atoms with E-state index in [1.807, 2.05) is 36.3 Å². The van der Waals surface area contributed by atoms with Crippen LogP contribution in [0, 0.1) is 6.92 Å². The van der Waals surface area contributed by atoms with E-state index >= 15 is 0 Å². The van der Waals surface area contributed by atoms with E-state index in [2.05, 4.69) is 16.4 Å². The van der Waals surface area contributed by atoms with E-state index in [-0.39, 0.29) is 0 Å². The fourth-order valence-corrected chi connectivity index (χ4v) is 2.90. The van der Waals surface area contributed by atoms with Crippen LogP contribution in [0.2, 0.25) is 0 Å². The molecule has 0 aromatic carbocycles. The Morgan fingerprint density at radius 1 is 1.29 bits per heavy atom. The molecule has 1 fully saturated rings. The Morgan fingerprint density at radius 3 is 2.71 bits per heavy atom. The normalized spacial score (nSPS) is 29.0. The number of aromatic nitrogens is 2. The molecule has 1 atom stereocenters. The van der Waals surface area contributed by atoms with Gasteiger partial charge >= 0.3 is 0 Å². The molecule has 2 aliphatic rings. The predicted molar refractivity (Wildman–Crippen MR) is 69.0 cm³/mol. The first-order valence-corrected chi connectivity index (χ1v) is 6.46. The largest absolute Gasteiger partial charge is 0.152 e. The zero-order valence-electron chi connectivity index (χ0n) is 10.3. The molecule has 0 saturated heterocycles. The van der Waals surface area contributed by atoms with E-state index in [9.17, 15) is 0 Å². The van der Waals surface area contributed by atoms with Crippen LogP contribution in [0.5, 0.6) is 0 Å². The Balaban J connectivity index is 1.98. The summed E-state index contributed by atoms with van der Waals surface area (Å²) in [5.74, 6) is 0. The lowest BCUT2D eigenvalue weighted by Gasteiger charge is -2.34. The quantitative estimate of drug-likeness (QED) is 0.719. The maximum atomic E-state index is 4.68. The lowest BCUT2D eigenvalue weighted by Crippen LogP contribution is -2.56. The monoisotopic (exact) mass is 231 g/mol. The van der Waals surface area contributed by atoms with Gasteiger partial charge in [0.15, 0.2) is 6.20 Å². The zero-order chi connectivity index (χ0) is 11.7. The molecule has 17 heavy (non-hydrogen) atoms. The van der Waals surface area contributed by atoms with Gasteiger partial charge in [0.25, 0.3) is 0 Å². The summed E-state index contributed by atoms with van der Waals surface area (Å²) in [5.41, 5.74) is 1.05. The number of hydrogen-bond acceptors (Lipinski definition) is 2. The Morgan fingerprint density at radius 2 is 2.12 bits per heavy atom. The van der Waals surface area contributed by atoms with Gasteiger partial charge in [-0.25, -0.2) is 0 Å². The van der Waals surface area contributed by atoms with Crippen LogP contribution in [0.15, 0.2) is 29.6 Å². The van der Waals surface area contributed by atoms with E-state index in [0.29, 0.717) is 10.7 Å². The molecule has 0 N–H and O–H groups in total. The fraction of sp³-hybridized carbons (Fsp3) is 0.538. The molecule has 1 unspecified atom stereocenters. The summed E-state index contributed by atoms with van der Waals surface area (Å²) >= 11 is 0. The van der Waals surface area contributed by atoms with Gasteiger partial charge < -0.3 is 0 Å². The highest BCUT2D eigenvalue weighted by atomic mass is 15.9. The first kappa shape index (κ1) is 10.7. The first-order valence-electron chi connectivity index (χ1n) is 6.46. The molecule has 0 radical (unpaired) electrons. The molecule has 0 bridgehead atoms. The minimum absolute atomic E-state index is 0.522. The molecule has 4 nitrogen and oxygen atoms in total. The summed E-state index contributed by atoms with van der Waals surface area (Å²) in [6, 6.07) is 2.59. The number of aryl methyl sites for hydroxylation is 1. The minimum Gasteiger partial charge on any atom is -0.127 e. The van der Waals surface area contributed by atoms with Crippen LogP contribution >= 0.6 is 0 Å². The SMILES string of the molecule is Cc1ccn([N+]2(C3CCCCC3)C=CC=N2)n1. The van der Waals surface area contributed by atoms with Crippen molar-refractivity contribution in [1.29, 1.82) is 0 Å². The predicted octanol–water partition coefficient (Wildman–Crippen LogP) is 2.48. The Labute approximate surface area is 102 Å². The standard InChI is InChI=1S/C13H19N4/c1-12-8-10-16(15-12)17(11-5-9-14-17)13-6-3-2-4-7-13/h5,8-11,13H,2-4,6-7H2,1H3/q+1. The van der Waals surface area contributed by atoms with Crippen molar-refractivity contribution >= 4 is 6.21 Å². The van der Waals surface area contributed by atoms with Crippen molar-refractivity contribution in [3.8, 4) is 0 Å². The van der Waals surface area contributed by atoms with Crippen LogP contribution in [0.25, 0.3) is 0 Å². The molecule has 2 heterocycles. The molecule has 0 amide bonds. The van der Waals surface area contributed by atoms with Crippen molar-refractivity contribution in [2.45, 2.75) is 45.1 Å². The second-order valence-corrected chi connectivity index (χ2v) is 4.98. The lowest BCUT2D eigenvalue weighted by atomic mass is 9.95. The summed E-state index contributed by atoms with van der Waals surface area (Å²) in [7, 11) is 0. The maximum absolute atomic E-state index is 4.68. The molecule has 1 aliphatic carbocycles. The van der Waals surface area contributed by atoms with Crippen LogP contribution < -0.4 is 4.70 Å². The molecular formula is C13H19N4+. The zero-order valence-corrected chi connectivity index (χ0v) is 10.3.